The van der Waals surface area contributed by atoms with Crippen LogP contribution < -0.4 is 5.32 Å². The minimum absolute atomic E-state index is 0.00605. The van der Waals surface area contributed by atoms with Gasteiger partial charge in [0.25, 0.3) is 0 Å². The van der Waals surface area contributed by atoms with Gasteiger partial charge in [-0.25, -0.2) is 0 Å². The van der Waals surface area contributed by atoms with Crippen LogP contribution in [0, 0.1) is 0 Å². The summed E-state index contributed by atoms with van der Waals surface area (Å²) in [5.41, 5.74) is 5.08. The number of anilines is 1. The zero-order valence-corrected chi connectivity index (χ0v) is 14.6. The Morgan fingerprint density at radius 3 is 2.38 bits per heavy atom. The molecule has 0 saturated heterocycles. The molecule has 0 aromatic heterocycles. The minimum Gasteiger partial charge on any atom is -0.326 e. The van der Waals surface area contributed by atoms with E-state index >= 15 is 0 Å². The van der Waals surface area contributed by atoms with Crippen molar-refractivity contribution >= 4 is 34.2 Å². The Morgan fingerprint density at radius 1 is 0.923 bits per heavy atom. The fourth-order valence-electron chi connectivity index (χ4n) is 3.60. The summed E-state index contributed by atoms with van der Waals surface area (Å²) in [5, 5.41) is 5.03. The van der Waals surface area contributed by atoms with Gasteiger partial charge in [-0.15, -0.1) is 0 Å². The molecule has 1 aliphatic carbocycles. The van der Waals surface area contributed by atoms with E-state index in [2.05, 4.69) is 17.4 Å². The first-order valence-electron chi connectivity index (χ1n) is 8.75. The lowest BCUT2D eigenvalue weighted by Crippen LogP contribution is -2.05. The summed E-state index contributed by atoms with van der Waals surface area (Å²) in [6.45, 7) is 1.48. The second-order valence-electron chi connectivity index (χ2n) is 6.61. The lowest BCUT2D eigenvalue weighted by atomic mass is 9.97. The Kier molecular flexibility index (Phi) is 4.13. The van der Waals surface area contributed by atoms with Crippen LogP contribution in [-0.2, 0) is 17.6 Å². The van der Waals surface area contributed by atoms with Gasteiger partial charge in [-0.1, -0.05) is 48.5 Å². The van der Waals surface area contributed by atoms with Crippen LogP contribution in [-0.4, -0.2) is 11.7 Å². The number of aryl methyl sites for hydroxylation is 2. The first-order valence-corrected chi connectivity index (χ1v) is 8.75. The molecule has 0 heterocycles. The highest BCUT2D eigenvalue weighted by molar-refractivity contribution is 6.16. The van der Waals surface area contributed by atoms with Gasteiger partial charge in [0, 0.05) is 18.2 Å². The van der Waals surface area contributed by atoms with Crippen molar-refractivity contribution in [1.29, 1.82) is 0 Å². The molecule has 3 heteroatoms. The van der Waals surface area contributed by atoms with E-state index in [0.717, 1.165) is 35.0 Å². The highest BCUT2D eigenvalue weighted by Gasteiger charge is 2.17. The minimum atomic E-state index is -0.101. The topological polar surface area (TPSA) is 46.2 Å². The van der Waals surface area contributed by atoms with Gasteiger partial charge in [0.2, 0.25) is 5.91 Å². The molecule has 0 radical (unpaired) electrons. The molecule has 3 aromatic carbocycles. The number of nitrogens with one attached hydrogen (secondary N) is 1. The molecule has 0 saturated carbocycles. The van der Waals surface area contributed by atoms with E-state index in [9.17, 15) is 9.59 Å². The number of rotatable bonds is 4. The zero-order valence-electron chi connectivity index (χ0n) is 14.6. The van der Waals surface area contributed by atoms with E-state index in [-0.39, 0.29) is 11.7 Å². The molecule has 3 aromatic rings. The third-order valence-corrected chi connectivity index (χ3v) is 4.80. The molecule has 4 rings (SSSR count). The second kappa shape index (κ2) is 6.60. The van der Waals surface area contributed by atoms with Gasteiger partial charge in [-0.3, -0.25) is 9.59 Å². The largest absolute Gasteiger partial charge is 0.326 e. The van der Waals surface area contributed by atoms with Crippen molar-refractivity contribution in [2.45, 2.75) is 19.8 Å². The van der Waals surface area contributed by atoms with Crippen molar-refractivity contribution in [3.63, 3.8) is 0 Å². The molecule has 1 amide bonds. The number of hydrogen-bond donors (Lipinski definition) is 1. The highest BCUT2D eigenvalue weighted by Crippen LogP contribution is 2.33. The SMILES string of the molecule is CC(=O)Nc1ccc(/C=C/C(=O)c2ccc3c4c(cccc24)CC3)cc1. The van der Waals surface area contributed by atoms with Crippen molar-refractivity contribution in [3.8, 4) is 0 Å². The number of carbonyl (C=O) groups is 2. The lowest BCUT2D eigenvalue weighted by molar-refractivity contribution is -0.114. The molecule has 0 spiro atoms. The number of hydrogen-bond acceptors (Lipinski definition) is 2. The Balaban J connectivity index is 1.60. The molecular weight excluding hydrogens is 322 g/mol. The van der Waals surface area contributed by atoms with E-state index < -0.39 is 0 Å². The number of ketones is 1. The second-order valence-corrected chi connectivity index (χ2v) is 6.61. The zero-order chi connectivity index (χ0) is 18.1. The molecule has 0 aliphatic heterocycles. The maximum Gasteiger partial charge on any atom is 0.221 e. The molecule has 3 nitrogen and oxygen atoms in total. The van der Waals surface area contributed by atoms with Crippen LogP contribution >= 0.6 is 0 Å². The molecule has 1 aliphatic rings. The van der Waals surface area contributed by atoms with Gasteiger partial charge in [0.05, 0.1) is 0 Å². The van der Waals surface area contributed by atoms with Crippen LogP contribution in [0.15, 0.2) is 60.7 Å². The van der Waals surface area contributed by atoms with Crippen molar-refractivity contribution in [2.75, 3.05) is 5.32 Å². The fourth-order valence-corrected chi connectivity index (χ4v) is 3.60. The molecular formula is C23H19NO2. The Bertz CT molecular complexity index is 1040. The van der Waals surface area contributed by atoms with Crippen LogP contribution in [0.5, 0.6) is 0 Å². The average Bonchev–Trinajstić information content (AvgIpc) is 3.06. The van der Waals surface area contributed by atoms with E-state index in [1.165, 1.54) is 23.4 Å². The predicted molar refractivity (Wildman–Crippen MR) is 105 cm³/mol. The van der Waals surface area contributed by atoms with Gasteiger partial charge >= 0.3 is 0 Å². The summed E-state index contributed by atoms with van der Waals surface area (Å²) in [6, 6.07) is 17.7. The number of allylic oxidation sites excluding steroid dienone is 1. The molecule has 0 bridgehead atoms. The normalized spacial score (nSPS) is 12.7. The highest BCUT2D eigenvalue weighted by atomic mass is 16.1. The Hall–Kier alpha value is -3.20. The fraction of sp³-hybridized carbons (Fsp3) is 0.130. The number of amides is 1. The molecule has 1 N–H and O–H groups in total. The van der Waals surface area contributed by atoms with Crippen molar-refractivity contribution in [3.05, 3.63) is 82.9 Å². The van der Waals surface area contributed by atoms with E-state index in [1.807, 2.05) is 48.5 Å². The van der Waals surface area contributed by atoms with E-state index in [0.29, 0.717) is 0 Å². The molecule has 0 fully saturated rings. The first kappa shape index (κ1) is 16.3. The maximum absolute atomic E-state index is 12.7. The van der Waals surface area contributed by atoms with Gasteiger partial charge in [0.1, 0.15) is 0 Å². The van der Waals surface area contributed by atoms with E-state index in [1.54, 1.807) is 6.08 Å². The smallest absolute Gasteiger partial charge is 0.221 e. The Morgan fingerprint density at radius 2 is 1.65 bits per heavy atom. The van der Waals surface area contributed by atoms with Crippen LogP contribution in [0.2, 0.25) is 0 Å². The quantitative estimate of drug-likeness (QED) is 0.548. The van der Waals surface area contributed by atoms with Crippen LogP contribution in [0.25, 0.3) is 16.8 Å². The van der Waals surface area contributed by atoms with Crippen LogP contribution in [0.4, 0.5) is 5.69 Å². The van der Waals surface area contributed by atoms with Gasteiger partial charge in [-0.05, 0) is 58.5 Å². The predicted octanol–water partition coefficient (Wildman–Crippen LogP) is 4.79. The molecule has 26 heavy (non-hydrogen) atoms. The van der Waals surface area contributed by atoms with Crippen LogP contribution in [0.1, 0.15) is 34.0 Å². The summed E-state index contributed by atoms with van der Waals surface area (Å²) in [4.78, 5) is 23.8. The standard InChI is InChI=1S/C23H19NO2/c1-15(25)24-19-11-5-16(6-12-19)7-14-22(26)20-13-10-18-9-8-17-3-2-4-21(20)23(17)18/h2-7,10-14H,8-9H2,1H3,(H,24,25)/b14-7+. The molecule has 128 valence electrons. The number of carbonyl (C=O) groups excluding carboxylic acids is 2. The summed E-state index contributed by atoms with van der Waals surface area (Å²) in [6.07, 6.45) is 5.54. The van der Waals surface area contributed by atoms with Gasteiger partial charge in [0.15, 0.2) is 5.78 Å². The van der Waals surface area contributed by atoms with Crippen molar-refractivity contribution < 1.29 is 9.59 Å². The monoisotopic (exact) mass is 341 g/mol. The van der Waals surface area contributed by atoms with Gasteiger partial charge < -0.3 is 5.32 Å². The van der Waals surface area contributed by atoms with Crippen molar-refractivity contribution in [1.82, 2.24) is 0 Å². The summed E-state index contributed by atoms with van der Waals surface area (Å²) >= 11 is 0. The summed E-state index contributed by atoms with van der Waals surface area (Å²) in [5.74, 6) is -0.0953. The third kappa shape index (κ3) is 3.04. The first-order chi connectivity index (χ1) is 12.6. The maximum atomic E-state index is 12.7. The van der Waals surface area contributed by atoms with E-state index in [4.69, 9.17) is 0 Å². The summed E-state index contributed by atoms with van der Waals surface area (Å²) < 4.78 is 0. The van der Waals surface area contributed by atoms with Gasteiger partial charge in [-0.2, -0.15) is 0 Å². The molecule has 0 unspecified atom stereocenters. The summed E-state index contributed by atoms with van der Waals surface area (Å²) in [7, 11) is 0. The van der Waals surface area contributed by atoms with Crippen LogP contribution in [0.3, 0.4) is 0 Å². The Labute approximate surface area is 152 Å². The molecule has 0 atom stereocenters. The third-order valence-electron chi connectivity index (χ3n) is 4.80. The number of benzene rings is 3. The average molecular weight is 341 g/mol. The lowest BCUT2D eigenvalue weighted by Gasteiger charge is -2.06. The van der Waals surface area contributed by atoms with Crippen molar-refractivity contribution in [2.24, 2.45) is 0 Å².